The highest BCUT2D eigenvalue weighted by atomic mass is 32.2. The fourth-order valence-electron chi connectivity index (χ4n) is 9.72. The van der Waals surface area contributed by atoms with Crippen molar-refractivity contribution in [2.24, 2.45) is 34.5 Å². The first-order chi connectivity index (χ1) is 19.1. The second-order valence-electron chi connectivity index (χ2n) is 13.5. The van der Waals surface area contributed by atoms with Crippen LogP contribution < -0.4 is 0 Å². The minimum atomic E-state index is -1.25. The average Bonchev–Trinajstić information content (AvgIpc) is 3.44. The van der Waals surface area contributed by atoms with Gasteiger partial charge in [-0.1, -0.05) is 44.8 Å². The van der Waals surface area contributed by atoms with E-state index in [1.54, 1.807) is 23.9 Å². The minimum Gasteiger partial charge on any atom is -0.458 e. The number of aliphatic hydroxyl groups excluding tert-OH is 1. The van der Waals surface area contributed by atoms with Gasteiger partial charge in [-0.25, -0.2) is 0 Å². The minimum absolute atomic E-state index is 0.0173. The number of esters is 1. The number of aliphatic hydroxyl groups is 1. The van der Waals surface area contributed by atoms with Crippen LogP contribution in [-0.2, 0) is 28.6 Å². The lowest BCUT2D eigenvalue weighted by molar-refractivity contribution is -0.210. The second kappa shape index (κ2) is 10.7. The first kappa shape index (κ1) is 28.6. The zero-order valence-electron chi connectivity index (χ0n) is 24.1. The first-order valence-electron chi connectivity index (χ1n) is 15.3. The van der Waals surface area contributed by atoms with Crippen molar-refractivity contribution in [3.8, 4) is 0 Å². The molecule has 4 saturated carbocycles. The Balaban J connectivity index is 1.32. The number of rotatable bonds is 7. The maximum absolute atomic E-state index is 14.3. The fourth-order valence-corrected chi connectivity index (χ4v) is 10.1. The topological polar surface area (TPSA) is 99.1 Å². The van der Waals surface area contributed by atoms with Crippen LogP contribution in [0.4, 0.5) is 0 Å². The summed E-state index contributed by atoms with van der Waals surface area (Å²) in [5.74, 6) is 0.543. The summed E-state index contributed by atoms with van der Waals surface area (Å²) in [6.45, 7) is 3.94. The molecule has 6 rings (SSSR count). The van der Waals surface area contributed by atoms with Crippen LogP contribution in [0.15, 0.2) is 23.8 Å². The predicted molar refractivity (Wildman–Crippen MR) is 151 cm³/mol. The molecule has 0 radical (unpaired) electrons. The molecule has 9 atom stereocenters. The van der Waals surface area contributed by atoms with Gasteiger partial charge < -0.3 is 19.3 Å². The predicted octanol–water partition coefficient (Wildman–Crippen LogP) is 4.80. The Morgan fingerprint density at radius 3 is 2.70 bits per heavy atom. The Morgan fingerprint density at radius 2 is 1.95 bits per heavy atom. The molecule has 5 fully saturated rings. The molecule has 5 aliphatic carbocycles. The van der Waals surface area contributed by atoms with Gasteiger partial charge in [0.1, 0.15) is 0 Å². The third kappa shape index (κ3) is 4.30. The van der Waals surface area contributed by atoms with Crippen molar-refractivity contribution in [2.75, 3.05) is 18.6 Å². The van der Waals surface area contributed by atoms with Crippen molar-refractivity contribution >= 4 is 29.3 Å². The van der Waals surface area contributed by atoms with E-state index in [4.69, 9.17) is 14.2 Å². The Kier molecular flexibility index (Phi) is 7.63. The molecule has 7 nitrogen and oxygen atoms in total. The Labute approximate surface area is 241 Å². The summed E-state index contributed by atoms with van der Waals surface area (Å²) in [5, 5.41) is 11.9. The smallest absolute Gasteiger partial charge is 0.307 e. The van der Waals surface area contributed by atoms with Crippen LogP contribution in [0.25, 0.3) is 0 Å². The van der Waals surface area contributed by atoms with Crippen LogP contribution in [0.2, 0.25) is 0 Å². The standard InChI is InChI=1S/C32H44O7S/c1-30-13-11-21(33)15-20(30)9-10-22-23-16-26-32(31(23,2)17-24(34)28(22)30,25(35)18-37-27(36)12-14-40-3)39-29(38-26)19-7-5-4-6-8-19/h11,13,15,19,22-24,26,28-29,34H,4-10,12,14,16-18H2,1-3H3/t22-,23-,24-,26+,28+,29+,30-,31-,32+/m0/s1. The van der Waals surface area contributed by atoms with E-state index >= 15 is 0 Å². The molecule has 8 heteroatoms. The lowest BCUT2D eigenvalue weighted by Crippen LogP contribution is -2.63. The summed E-state index contributed by atoms with van der Waals surface area (Å²) >= 11 is 1.57. The highest BCUT2D eigenvalue weighted by Crippen LogP contribution is 2.70. The summed E-state index contributed by atoms with van der Waals surface area (Å²) in [6, 6.07) is 0. The normalized spacial score (nSPS) is 44.3. The molecule has 0 aromatic heterocycles. The largest absolute Gasteiger partial charge is 0.458 e. The molecular weight excluding hydrogens is 528 g/mol. The maximum atomic E-state index is 14.3. The summed E-state index contributed by atoms with van der Waals surface area (Å²) in [5.41, 5.74) is -1.18. The average molecular weight is 573 g/mol. The van der Waals surface area contributed by atoms with Gasteiger partial charge in [-0.15, -0.1) is 0 Å². The van der Waals surface area contributed by atoms with E-state index in [1.165, 1.54) is 6.42 Å². The van der Waals surface area contributed by atoms with Crippen LogP contribution >= 0.6 is 11.8 Å². The lowest BCUT2D eigenvalue weighted by Gasteiger charge is -2.59. The van der Waals surface area contributed by atoms with Crippen molar-refractivity contribution < 1.29 is 33.7 Å². The third-order valence-electron chi connectivity index (χ3n) is 11.6. The van der Waals surface area contributed by atoms with Gasteiger partial charge in [0.25, 0.3) is 0 Å². The molecule has 1 aliphatic heterocycles. The molecule has 40 heavy (non-hydrogen) atoms. The Hall–Kier alpha value is -1.48. The Bertz CT molecular complexity index is 1110. The molecule has 0 amide bonds. The molecule has 0 spiro atoms. The summed E-state index contributed by atoms with van der Waals surface area (Å²) in [4.78, 5) is 38.8. The molecule has 0 aromatic carbocycles. The van der Waals surface area contributed by atoms with Gasteiger partial charge in [0.15, 0.2) is 24.3 Å². The number of hydrogen-bond acceptors (Lipinski definition) is 8. The number of thioether (sulfide) groups is 1. The van der Waals surface area contributed by atoms with Gasteiger partial charge in [-0.05, 0) is 68.8 Å². The van der Waals surface area contributed by atoms with E-state index < -0.39 is 29.5 Å². The van der Waals surface area contributed by atoms with Crippen molar-refractivity contribution in [2.45, 2.75) is 102 Å². The first-order valence-corrected chi connectivity index (χ1v) is 16.7. The zero-order chi connectivity index (χ0) is 28.3. The fraction of sp³-hybridized carbons (Fsp3) is 0.781. The van der Waals surface area contributed by atoms with Crippen molar-refractivity contribution in [3.63, 3.8) is 0 Å². The maximum Gasteiger partial charge on any atom is 0.307 e. The second-order valence-corrected chi connectivity index (χ2v) is 14.5. The summed E-state index contributed by atoms with van der Waals surface area (Å²) in [7, 11) is 0. The van der Waals surface area contributed by atoms with Gasteiger partial charge in [0.05, 0.1) is 18.6 Å². The molecule has 0 aromatic rings. The molecule has 0 bridgehead atoms. The molecule has 1 saturated heterocycles. The zero-order valence-corrected chi connectivity index (χ0v) is 24.9. The van der Waals surface area contributed by atoms with E-state index in [1.807, 2.05) is 12.3 Å². The quantitative estimate of drug-likeness (QED) is 0.435. The Morgan fingerprint density at radius 1 is 1.18 bits per heavy atom. The van der Waals surface area contributed by atoms with Gasteiger partial charge in [-0.2, -0.15) is 11.8 Å². The van der Waals surface area contributed by atoms with E-state index in [-0.39, 0.29) is 59.7 Å². The molecule has 6 aliphatic rings. The number of ether oxygens (including phenoxy) is 3. The van der Waals surface area contributed by atoms with Gasteiger partial charge >= 0.3 is 5.97 Å². The van der Waals surface area contributed by atoms with E-state index in [0.717, 1.165) is 44.1 Å². The SMILES string of the molecule is CSCCC(=O)OCC(=O)[C@@]12O[C@H](C3CCCCC3)O[C@@H]1C[C@H]1[C@@H]3CCC4=CC(=O)C=C[C@]4(C)[C@H]3[C@@H](O)C[C@@]12C. The number of fused-ring (bicyclic) bond motifs is 7. The molecular formula is C32H44O7S. The van der Waals surface area contributed by atoms with Crippen molar-refractivity contribution in [3.05, 3.63) is 23.8 Å². The van der Waals surface area contributed by atoms with E-state index in [2.05, 4.69) is 13.8 Å². The van der Waals surface area contributed by atoms with Crippen LogP contribution in [0.1, 0.15) is 78.1 Å². The van der Waals surface area contributed by atoms with Crippen molar-refractivity contribution in [1.82, 2.24) is 0 Å². The van der Waals surface area contributed by atoms with E-state index in [9.17, 15) is 19.5 Å². The van der Waals surface area contributed by atoms with Crippen LogP contribution in [-0.4, -0.2) is 65.4 Å². The number of Topliss-reactive ketones (excluding diaryl/α,β-unsaturated/α-hetero) is 1. The van der Waals surface area contributed by atoms with Gasteiger partial charge in [0.2, 0.25) is 5.78 Å². The molecule has 1 N–H and O–H groups in total. The van der Waals surface area contributed by atoms with Crippen LogP contribution in [0, 0.1) is 34.5 Å². The number of allylic oxidation sites excluding steroid dienone is 4. The third-order valence-corrected chi connectivity index (χ3v) is 12.2. The summed E-state index contributed by atoms with van der Waals surface area (Å²) < 4.78 is 19.1. The molecule has 220 valence electrons. The highest BCUT2D eigenvalue weighted by Gasteiger charge is 2.76. The number of hydrogen-bond donors (Lipinski definition) is 1. The number of carbonyl (C=O) groups is 3. The van der Waals surface area contributed by atoms with E-state index in [0.29, 0.717) is 18.6 Å². The van der Waals surface area contributed by atoms with Gasteiger partial charge in [0, 0.05) is 28.4 Å². The molecule has 0 unspecified atom stereocenters. The summed E-state index contributed by atoms with van der Waals surface area (Å²) in [6.07, 6.45) is 14.4. The molecule has 1 heterocycles. The van der Waals surface area contributed by atoms with Crippen molar-refractivity contribution in [1.29, 1.82) is 0 Å². The monoisotopic (exact) mass is 572 g/mol. The number of ketones is 2. The lowest BCUT2D eigenvalue weighted by atomic mass is 9.46. The van der Waals surface area contributed by atoms with Crippen LogP contribution in [0.3, 0.4) is 0 Å². The number of carbonyl (C=O) groups excluding carboxylic acids is 3. The van der Waals surface area contributed by atoms with Crippen LogP contribution in [0.5, 0.6) is 0 Å². The van der Waals surface area contributed by atoms with Gasteiger partial charge in [-0.3, -0.25) is 14.4 Å². The highest BCUT2D eigenvalue weighted by molar-refractivity contribution is 7.98.